The summed E-state index contributed by atoms with van der Waals surface area (Å²) in [5, 5.41) is 31.3. The number of nitro benzene ring substituents is 1. The van der Waals surface area contributed by atoms with Crippen molar-refractivity contribution in [2.24, 2.45) is 17.4 Å². The van der Waals surface area contributed by atoms with E-state index in [1.807, 2.05) is 12.1 Å². The molecule has 1 heterocycles. The van der Waals surface area contributed by atoms with Crippen LogP contribution >= 0.6 is 0 Å². The smallest absolute Gasteiger partial charge is 0.341 e. The first-order chi connectivity index (χ1) is 12.5. The van der Waals surface area contributed by atoms with Gasteiger partial charge in [-0.05, 0) is 18.2 Å². The highest BCUT2D eigenvalue weighted by atomic mass is 16.6. The lowest BCUT2D eigenvalue weighted by Crippen LogP contribution is -2.23. The number of amides is 2. The van der Waals surface area contributed by atoms with Gasteiger partial charge in [0, 0.05) is 30.3 Å². The number of non-ortho nitro benzene ring substituents is 1. The van der Waals surface area contributed by atoms with Crippen LogP contribution in [0.25, 0.3) is 10.9 Å². The number of fused-ring (bicyclic) bond motifs is 1. The molecule has 26 heavy (non-hydrogen) atoms. The third-order valence-corrected chi connectivity index (χ3v) is 3.69. The molecule has 0 atom stereocenters. The standard InChI is InChI=1S/C16H14N6O4/c1-21-13-5-3-2-4-12(13)14(15(21)23)18-20-19-16(24)17-10-6-8-11(9-7-10)22(25)26/h2-9,23H,1H3,(H2,17,18,19,24). The van der Waals surface area contributed by atoms with Gasteiger partial charge in [-0.1, -0.05) is 23.4 Å². The zero-order valence-electron chi connectivity index (χ0n) is 13.6. The molecule has 0 aliphatic carbocycles. The first-order valence-corrected chi connectivity index (χ1v) is 7.46. The Bertz CT molecular complexity index is 1010. The Morgan fingerprint density at radius 1 is 1.19 bits per heavy atom. The number of rotatable bonds is 4. The van der Waals surface area contributed by atoms with Crippen molar-refractivity contribution < 1.29 is 14.8 Å². The molecular formula is C16H14N6O4. The first-order valence-electron chi connectivity index (χ1n) is 7.46. The summed E-state index contributed by atoms with van der Waals surface area (Å²) >= 11 is 0. The Balaban J connectivity index is 1.68. The van der Waals surface area contributed by atoms with Gasteiger partial charge in [-0.3, -0.25) is 10.1 Å². The molecule has 0 radical (unpaired) electrons. The van der Waals surface area contributed by atoms with Crippen molar-refractivity contribution in [3.05, 3.63) is 58.6 Å². The maximum Gasteiger partial charge on any atom is 0.341 e. The molecule has 132 valence electrons. The molecule has 1 aromatic heterocycles. The van der Waals surface area contributed by atoms with E-state index in [4.69, 9.17) is 0 Å². The minimum atomic E-state index is -0.678. The fourth-order valence-corrected chi connectivity index (χ4v) is 2.40. The van der Waals surface area contributed by atoms with Gasteiger partial charge in [-0.2, -0.15) is 0 Å². The van der Waals surface area contributed by atoms with E-state index in [-0.39, 0.29) is 17.3 Å². The normalized spacial score (nSPS) is 11.0. The van der Waals surface area contributed by atoms with Crippen LogP contribution in [0.15, 0.2) is 58.9 Å². The average Bonchev–Trinajstić information content (AvgIpc) is 2.87. The molecule has 2 aromatic carbocycles. The van der Waals surface area contributed by atoms with Crippen LogP contribution in [0.3, 0.4) is 0 Å². The lowest BCUT2D eigenvalue weighted by atomic mass is 10.2. The zero-order valence-corrected chi connectivity index (χ0v) is 13.6. The second-order valence-electron chi connectivity index (χ2n) is 5.32. The number of aromatic nitrogens is 1. The number of anilines is 1. The summed E-state index contributed by atoms with van der Waals surface area (Å²) in [4.78, 5) is 21.9. The molecule has 3 rings (SSSR count). The summed E-state index contributed by atoms with van der Waals surface area (Å²) in [5.74, 6) is -0.0764. The monoisotopic (exact) mass is 354 g/mol. The number of nitro groups is 1. The number of nitrogens with zero attached hydrogens (tertiary/aromatic N) is 4. The van der Waals surface area contributed by atoms with Crippen LogP contribution in [0.4, 0.5) is 21.9 Å². The van der Waals surface area contributed by atoms with Crippen LogP contribution in [0, 0.1) is 10.1 Å². The van der Waals surface area contributed by atoms with Crippen LogP contribution < -0.4 is 10.7 Å². The van der Waals surface area contributed by atoms with Crippen LogP contribution in [0.5, 0.6) is 5.88 Å². The maximum absolute atomic E-state index is 11.8. The third kappa shape index (κ3) is 3.29. The number of urea groups is 1. The molecule has 3 N–H and O–H groups in total. The zero-order chi connectivity index (χ0) is 18.7. The van der Waals surface area contributed by atoms with Crippen LogP contribution in [0.2, 0.25) is 0 Å². The van der Waals surface area contributed by atoms with Gasteiger partial charge in [-0.15, -0.1) is 5.11 Å². The highest BCUT2D eigenvalue weighted by Crippen LogP contribution is 2.37. The second-order valence-corrected chi connectivity index (χ2v) is 5.32. The van der Waals surface area contributed by atoms with Gasteiger partial charge in [0.25, 0.3) is 5.69 Å². The number of hydrogen-bond acceptors (Lipinski definition) is 6. The fourth-order valence-electron chi connectivity index (χ4n) is 2.40. The Hall–Kier alpha value is -3.95. The van der Waals surface area contributed by atoms with Crippen molar-refractivity contribution in [3.8, 4) is 5.88 Å². The summed E-state index contributed by atoms with van der Waals surface area (Å²) < 4.78 is 1.56. The predicted octanol–water partition coefficient (Wildman–Crippen LogP) is 3.61. The molecule has 0 saturated heterocycles. The van der Waals surface area contributed by atoms with E-state index in [9.17, 15) is 20.0 Å². The van der Waals surface area contributed by atoms with Gasteiger partial charge in [0.1, 0.15) is 0 Å². The van der Waals surface area contributed by atoms with E-state index in [0.29, 0.717) is 11.1 Å². The SMILES string of the molecule is Cn1c(O)c(N=NNC(=O)Nc2ccc([N+](=O)[O-])cc2)c2ccccc21. The molecule has 0 spiro atoms. The molecule has 0 aliphatic heterocycles. The van der Waals surface area contributed by atoms with Crippen LogP contribution in [0.1, 0.15) is 0 Å². The van der Waals surface area contributed by atoms with Crippen molar-refractivity contribution in [3.63, 3.8) is 0 Å². The molecule has 0 bridgehead atoms. The predicted molar refractivity (Wildman–Crippen MR) is 94.4 cm³/mol. The number of aromatic hydroxyl groups is 1. The molecule has 10 nitrogen and oxygen atoms in total. The summed E-state index contributed by atoms with van der Waals surface area (Å²) in [6.07, 6.45) is 0. The minimum Gasteiger partial charge on any atom is -0.493 e. The lowest BCUT2D eigenvalue weighted by Gasteiger charge is -2.02. The number of hydrogen-bond donors (Lipinski definition) is 3. The summed E-state index contributed by atoms with van der Waals surface area (Å²) in [7, 11) is 1.69. The lowest BCUT2D eigenvalue weighted by molar-refractivity contribution is -0.384. The van der Waals surface area contributed by atoms with E-state index >= 15 is 0 Å². The van der Waals surface area contributed by atoms with Gasteiger partial charge in [0.15, 0.2) is 5.69 Å². The second kappa shape index (κ2) is 6.89. The van der Waals surface area contributed by atoms with Crippen molar-refractivity contribution in [2.45, 2.75) is 0 Å². The molecular weight excluding hydrogens is 340 g/mol. The van der Waals surface area contributed by atoms with E-state index in [0.717, 1.165) is 5.52 Å². The van der Waals surface area contributed by atoms with E-state index in [1.54, 1.807) is 23.7 Å². The van der Waals surface area contributed by atoms with Crippen molar-refractivity contribution in [2.75, 3.05) is 5.32 Å². The first kappa shape index (κ1) is 16.9. The molecule has 10 heteroatoms. The Kier molecular flexibility index (Phi) is 4.48. The van der Waals surface area contributed by atoms with Gasteiger partial charge >= 0.3 is 6.03 Å². The molecule has 3 aromatic rings. The largest absolute Gasteiger partial charge is 0.493 e. The molecule has 2 amide bonds. The summed E-state index contributed by atoms with van der Waals surface area (Å²) in [6.45, 7) is 0. The van der Waals surface area contributed by atoms with Gasteiger partial charge < -0.3 is 15.0 Å². The number of nitrogens with one attached hydrogen (secondary N) is 2. The number of benzene rings is 2. The fraction of sp³-hybridized carbons (Fsp3) is 0.0625. The number of carbonyl (C=O) groups excluding carboxylic acids is 1. The highest BCUT2D eigenvalue weighted by Gasteiger charge is 2.13. The molecule has 0 unspecified atom stereocenters. The van der Waals surface area contributed by atoms with Crippen molar-refractivity contribution >= 4 is 34.0 Å². The molecule has 0 aliphatic rings. The average molecular weight is 354 g/mol. The van der Waals surface area contributed by atoms with Crippen molar-refractivity contribution in [1.29, 1.82) is 0 Å². The van der Waals surface area contributed by atoms with Crippen LogP contribution in [-0.4, -0.2) is 20.6 Å². The van der Waals surface area contributed by atoms with Crippen molar-refractivity contribution in [1.82, 2.24) is 9.99 Å². The van der Waals surface area contributed by atoms with E-state index < -0.39 is 11.0 Å². The quantitative estimate of drug-likeness (QED) is 0.375. The summed E-state index contributed by atoms with van der Waals surface area (Å²) in [5.41, 5.74) is 3.46. The highest BCUT2D eigenvalue weighted by molar-refractivity contribution is 5.95. The third-order valence-electron chi connectivity index (χ3n) is 3.69. The van der Waals surface area contributed by atoms with Gasteiger partial charge in [0.05, 0.1) is 10.4 Å². The van der Waals surface area contributed by atoms with E-state index in [1.165, 1.54) is 24.3 Å². The number of aryl methyl sites for hydroxylation is 1. The Labute approximate surface area is 146 Å². The Morgan fingerprint density at radius 2 is 1.88 bits per heavy atom. The summed E-state index contributed by atoms with van der Waals surface area (Å²) in [6, 6.07) is 11.9. The van der Waals surface area contributed by atoms with Crippen LogP contribution in [-0.2, 0) is 7.05 Å². The van der Waals surface area contributed by atoms with Gasteiger partial charge in [-0.25, -0.2) is 10.2 Å². The van der Waals surface area contributed by atoms with E-state index in [2.05, 4.69) is 21.1 Å². The minimum absolute atomic E-state index is 0.0764. The topological polar surface area (TPSA) is 134 Å². The number of carbonyl (C=O) groups is 1. The number of para-hydroxylation sites is 1. The molecule has 0 fully saturated rings. The van der Waals surface area contributed by atoms with Gasteiger partial charge in [0.2, 0.25) is 5.88 Å². The Morgan fingerprint density at radius 3 is 2.58 bits per heavy atom. The maximum atomic E-state index is 11.8. The molecule has 0 saturated carbocycles.